The number of furan rings is 1. The van der Waals surface area contributed by atoms with Crippen LogP contribution in [0.2, 0.25) is 0 Å². The van der Waals surface area contributed by atoms with Crippen LogP contribution in [0.25, 0.3) is 10.2 Å². The van der Waals surface area contributed by atoms with Crippen molar-refractivity contribution in [2.75, 3.05) is 11.9 Å². The van der Waals surface area contributed by atoms with Crippen molar-refractivity contribution in [1.82, 2.24) is 9.97 Å². The van der Waals surface area contributed by atoms with E-state index in [9.17, 15) is 0 Å². The second-order valence-electron chi connectivity index (χ2n) is 7.04. The minimum absolute atomic E-state index is 0.374. The van der Waals surface area contributed by atoms with Gasteiger partial charge in [0.25, 0.3) is 0 Å². The highest BCUT2D eigenvalue weighted by molar-refractivity contribution is 7.19. The molecule has 1 aliphatic carbocycles. The van der Waals surface area contributed by atoms with E-state index in [0.29, 0.717) is 5.92 Å². The quantitative estimate of drug-likeness (QED) is 0.622. The topological polar surface area (TPSA) is 42.2 Å². The van der Waals surface area contributed by atoms with Gasteiger partial charge in [0.05, 0.1) is 18.2 Å². The summed E-state index contributed by atoms with van der Waals surface area (Å²) in [7, 11) is 2.11. The molecule has 0 aliphatic heterocycles. The summed E-state index contributed by atoms with van der Waals surface area (Å²) in [6.07, 6.45) is 7.70. The van der Waals surface area contributed by atoms with Gasteiger partial charge in [0, 0.05) is 17.8 Å². The monoisotopic (exact) mass is 355 g/mol. The highest BCUT2D eigenvalue weighted by atomic mass is 32.1. The minimum atomic E-state index is 0.374. The molecule has 0 N–H and O–H groups in total. The van der Waals surface area contributed by atoms with Crippen LogP contribution < -0.4 is 4.90 Å². The first-order valence-corrected chi connectivity index (χ1v) is 10.0. The smallest absolute Gasteiger partial charge is 0.141 e. The van der Waals surface area contributed by atoms with Crippen molar-refractivity contribution < 1.29 is 4.42 Å². The van der Waals surface area contributed by atoms with E-state index in [1.165, 1.54) is 39.9 Å². The van der Waals surface area contributed by atoms with Gasteiger partial charge in [-0.25, -0.2) is 9.97 Å². The van der Waals surface area contributed by atoms with Gasteiger partial charge in [-0.05, 0) is 49.8 Å². The number of aromatic nitrogens is 2. The van der Waals surface area contributed by atoms with Crippen LogP contribution in [0.5, 0.6) is 0 Å². The number of hydrogen-bond acceptors (Lipinski definition) is 5. The van der Waals surface area contributed by atoms with Crippen molar-refractivity contribution in [3.05, 3.63) is 40.4 Å². The van der Waals surface area contributed by atoms with E-state index < -0.39 is 0 Å². The van der Waals surface area contributed by atoms with Crippen LogP contribution >= 0.6 is 11.3 Å². The summed E-state index contributed by atoms with van der Waals surface area (Å²) in [5.41, 5.74) is 1.49. The average Bonchev–Trinajstić information content (AvgIpc) is 3.27. The Morgan fingerprint density at radius 2 is 2.12 bits per heavy atom. The number of hydrogen-bond donors (Lipinski definition) is 0. The first-order valence-electron chi connectivity index (χ1n) is 9.23. The van der Waals surface area contributed by atoms with Crippen LogP contribution in [-0.2, 0) is 19.4 Å². The number of aryl methyl sites for hydroxylation is 2. The molecule has 0 saturated carbocycles. The highest BCUT2D eigenvalue weighted by Gasteiger charge is 2.24. The van der Waals surface area contributed by atoms with E-state index in [4.69, 9.17) is 14.4 Å². The van der Waals surface area contributed by atoms with Gasteiger partial charge in [0.15, 0.2) is 0 Å². The van der Waals surface area contributed by atoms with E-state index in [1.54, 1.807) is 6.26 Å². The van der Waals surface area contributed by atoms with Gasteiger partial charge in [0.1, 0.15) is 22.2 Å². The fourth-order valence-corrected chi connectivity index (χ4v) is 4.81. The lowest BCUT2D eigenvalue weighted by atomic mass is 9.96. The Kier molecular flexibility index (Phi) is 4.50. The lowest BCUT2D eigenvalue weighted by Crippen LogP contribution is -2.19. The van der Waals surface area contributed by atoms with Gasteiger partial charge in [-0.1, -0.05) is 13.8 Å². The second kappa shape index (κ2) is 6.79. The second-order valence-corrected chi connectivity index (χ2v) is 8.12. The van der Waals surface area contributed by atoms with Gasteiger partial charge in [-0.2, -0.15) is 0 Å². The molecule has 3 heterocycles. The Hall–Kier alpha value is -1.88. The molecule has 132 valence electrons. The molecular formula is C20H25N3OS. The molecule has 0 unspecified atom stereocenters. The van der Waals surface area contributed by atoms with Crippen molar-refractivity contribution in [2.45, 2.75) is 58.4 Å². The third-order valence-electron chi connectivity index (χ3n) is 5.20. The summed E-state index contributed by atoms with van der Waals surface area (Å²) in [5, 5.41) is 1.28. The van der Waals surface area contributed by atoms with Crippen molar-refractivity contribution in [1.29, 1.82) is 0 Å². The molecule has 3 aromatic heterocycles. The van der Waals surface area contributed by atoms with Crippen molar-refractivity contribution in [3.8, 4) is 0 Å². The van der Waals surface area contributed by atoms with E-state index in [0.717, 1.165) is 36.8 Å². The van der Waals surface area contributed by atoms with Gasteiger partial charge in [-0.15, -0.1) is 11.3 Å². The Balaban J connectivity index is 1.85. The zero-order valence-corrected chi connectivity index (χ0v) is 16.0. The van der Waals surface area contributed by atoms with Crippen molar-refractivity contribution >= 4 is 27.4 Å². The molecule has 0 aromatic carbocycles. The predicted octanol–water partition coefficient (Wildman–Crippen LogP) is 5.31. The Labute approximate surface area is 152 Å². The molecule has 1 atom stereocenters. The maximum Gasteiger partial charge on any atom is 0.141 e. The summed E-state index contributed by atoms with van der Waals surface area (Å²) in [6, 6.07) is 3.96. The van der Waals surface area contributed by atoms with Gasteiger partial charge >= 0.3 is 0 Å². The highest BCUT2D eigenvalue weighted by Crippen LogP contribution is 2.40. The maximum atomic E-state index is 5.55. The molecule has 0 bridgehead atoms. The maximum absolute atomic E-state index is 5.55. The SMILES string of the molecule is CC[C@H](C)c1nc(N(C)Cc2ccco2)c2c3c(sc2n1)CCCC3. The number of anilines is 1. The first kappa shape index (κ1) is 16.6. The normalized spacial score (nSPS) is 15.3. The summed E-state index contributed by atoms with van der Waals surface area (Å²) >= 11 is 1.88. The van der Waals surface area contributed by atoms with E-state index in [-0.39, 0.29) is 0 Å². The molecule has 4 nitrogen and oxygen atoms in total. The van der Waals surface area contributed by atoms with Crippen LogP contribution in [-0.4, -0.2) is 17.0 Å². The molecule has 0 radical (unpaired) electrons. The number of rotatable bonds is 5. The average molecular weight is 356 g/mol. The summed E-state index contributed by atoms with van der Waals surface area (Å²) in [4.78, 5) is 14.9. The van der Waals surface area contributed by atoms with Crippen molar-refractivity contribution in [3.63, 3.8) is 0 Å². The Bertz CT molecular complexity index is 869. The lowest BCUT2D eigenvalue weighted by Gasteiger charge is -2.21. The third kappa shape index (κ3) is 3.06. The molecule has 0 fully saturated rings. The molecule has 0 amide bonds. The molecule has 0 spiro atoms. The minimum Gasteiger partial charge on any atom is -0.467 e. The number of nitrogens with zero attached hydrogens (tertiary/aromatic N) is 3. The molecule has 25 heavy (non-hydrogen) atoms. The number of thiophene rings is 1. The molecule has 1 aliphatic rings. The van der Waals surface area contributed by atoms with Crippen molar-refractivity contribution in [2.24, 2.45) is 0 Å². The molecule has 0 saturated heterocycles. The molecule has 3 aromatic rings. The van der Waals surface area contributed by atoms with E-state index in [1.807, 2.05) is 23.5 Å². The molecule has 4 rings (SSSR count). The van der Waals surface area contributed by atoms with Crippen LogP contribution in [0, 0.1) is 0 Å². The predicted molar refractivity (Wildman–Crippen MR) is 104 cm³/mol. The Morgan fingerprint density at radius 1 is 1.28 bits per heavy atom. The van der Waals surface area contributed by atoms with Crippen LogP contribution in [0.15, 0.2) is 22.8 Å². The fourth-order valence-electron chi connectivity index (χ4n) is 3.54. The fraction of sp³-hybridized carbons (Fsp3) is 0.500. The first-order chi connectivity index (χ1) is 12.2. The van der Waals surface area contributed by atoms with Crippen LogP contribution in [0.3, 0.4) is 0 Å². The molecule has 5 heteroatoms. The van der Waals surface area contributed by atoms with E-state index >= 15 is 0 Å². The van der Waals surface area contributed by atoms with Crippen LogP contribution in [0.4, 0.5) is 5.82 Å². The largest absolute Gasteiger partial charge is 0.467 e. The van der Waals surface area contributed by atoms with Gasteiger partial charge in [-0.3, -0.25) is 0 Å². The van der Waals surface area contributed by atoms with Gasteiger partial charge in [0.2, 0.25) is 0 Å². The van der Waals surface area contributed by atoms with E-state index in [2.05, 4.69) is 25.8 Å². The van der Waals surface area contributed by atoms with Crippen LogP contribution in [0.1, 0.15) is 61.1 Å². The summed E-state index contributed by atoms with van der Waals surface area (Å²) in [5.74, 6) is 3.37. The summed E-state index contributed by atoms with van der Waals surface area (Å²) < 4.78 is 5.55. The lowest BCUT2D eigenvalue weighted by molar-refractivity contribution is 0.507. The van der Waals surface area contributed by atoms with Gasteiger partial charge < -0.3 is 9.32 Å². The zero-order valence-electron chi connectivity index (χ0n) is 15.2. The number of fused-ring (bicyclic) bond motifs is 3. The summed E-state index contributed by atoms with van der Waals surface area (Å²) in [6.45, 7) is 5.14. The Morgan fingerprint density at radius 3 is 2.88 bits per heavy atom. The molecular weight excluding hydrogens is 330 g/mol. The zero-order chi connectivity index (χ0) is 17.4. The third-order valence-corrected chi connectivity index (χ3v) is 6.39. The standard InChI is InChI=1S/C20H25N3OS/c1-4-13(2)18-21-19(23(3)12-14-8-7-11-24-14)17-15-9-5-6-10-16(15)25-20(17)22-18/h7-8,11,13H,4-6,9-10,12H2,1-3H3/t13-/m0/s1.